The Hall–Kier alpha value is -2.70. The SMILES string of the molecule is CCn1cncc1C(=O)N1CCCC(c2ccc(C(=O)NCC3CC3)cn2)C1. The molecule has 1 saturated heterocycles. The fourth-order valence-electron chi connectivity index (χ4n) is 3.76. The summed E-state index contributed by atoms with van der Waals surface area (Å²) < 4.78 is 1.87. The molecule has 2 aromatic heterocycles. The van der Waals surface area contributed by atoms with E-state index in [1.54, 1.807) is 18.7 Å². The summed E-state index contributed by atoms with van der Waals surface area (Å²) in [6.45, 7) is 4.89. The van der Waals surface area contributed by atoms with Crippen molar-refractivity contribution in [2.45, 2.75) is 45.1 Å². The number of hydrogen-bond acceptors (Lipinski definition) is 4. The molecule has 28 heavy (non-hydrogen) atoms. The first-order chi connectivity index (χ1) is 13.7. The van der Waals surface area contributed by atoms with Gasteiger partial charge in [0.25, 0.3) is 11.8 Å². The zero-order chi connectivity index (χ0) is 19.5. The number of aromatic nitrogens is 3. The van der Waals surface area contributed by atoms with Crippen molar-refractivity contribution in [2.24, 2.45) is 5.92 Å². The van der Waals surface area contributed by atoms with E-state index in [-0.39, 0.29) is 17.7 Å². The standard InChI is InChI=1S/C21H27N5O2/c1-2-25-14-22-12-19(25)21(28)26-9-3-4-17(13-26)18-8-7-16(11-23-18)20(27)24-10-15-5-6-15/h7-8,11-12,14-15,17H,2-6,9-10,13H2,1H3,(H,24,27). The topological polar surface area (TPSA) is 80.1 Å². The van der Waals surface area contributed by atoms with Crippen molar-refractivity contribution in [3.05, 3.63) is 47.8 Å². The monoisotopic (exact) mass is 381 g/mol. The molecule has 2 amide bonds. The lowest BCUT2D eigenvalue weighted by atomic mass is 9.93. The van der Waals surface area contributed by atoms with Gasteiger partial charge in [-0.2, -0.15) is 0 Å². The number of imidazole rings is 1. The Morgan fingerprint density at radius 1 is 1.21 bits per heavy atom. The maximum Gasteiger partial charge on any atom is 0.272 e. The summed E-state index contributed by atoms with van der Waals surface area (Å²) in [5, 5.41) is 2.97. The molecule has 1 saturated carbocycles. The average molecular weight is 381 g/mol. The summed E-state index contributed by atoms with van der Waals surface area (Å²) in [5.41, 5.74) is 2.18. The molecule has 0 radical (unpaired) electrons. The number of hydrogen-bond donors (Lipinski definition) is 1. The van der Waals surface area contributed by atoms with Crippen LogP contribution in [0.25, 0.3) is 0 Å². The number of aryl methyl sites for hydroxylation is 1. The van der Waals surface area contributed by atoms with Crippen LogP contribution in [0.4, 0.5) is 0 Å². The van der Waals surface area contributed by atoms with E-state index in [1.807, 2.05) is 28.5 Å². The molecule has 4 rings (SSSR count). The molecule has 7 heteroatoms. The fourth-order valence-corrected chi connectivity index (χ4v) is 3.76. The molecule has 1 atom stereocenters. The Morgan fingerprint density at radius 3 is 2.79 bits per heavy atom. The zero-order valence-corrected chi connectivity index (χ0v) is 16.3. The number of nitrogens with one attached hydrogen (secondary N) is 1. The van der Waals surface area contributed by atoms with Crippen molar-refractivity contribution in [3.63, 3.8) is 0 Å². The minimum Gasteiger partial charge on any atom is -0.352 e. The first-order valence-corrected chi connectivity index (χ1v) is 10.2. The summed E-state index contributed by atoms with van der Waals surface area (Å²) >= 11 is 0. The van der Waals surface area contributed by atoms with Crippen LogP contribution in [0.3, 0.4) is 0 Å². The van der Waals surface area contributed by atoms with E-state index < -0.39 is 0 Å². The maximum atomic E-state index is 12.9. The van der Waals surface area contributed by atoms with E-state index in [2.05, 4.69) is 15.3 Å². The van der Waals surface area contributed by atoms with E-state index in [4.69, 9.17) is 0 Å². The van der Waals surface area contributed by atoms with Gasteiger partial charge in [-0.25, -0.2) is 4.98 Å². The second-order valence-electron chi connectivity index (χ2n) is 7.78. The van der Waals surface area contributed by atoms with Crippen LogP contribution in [0.15, 0.2) is 30.9 Å². The van der Waals surface area contributed by atoms with E-state index in [1.165, 1.54) is 12.8 Å². The second kappa shape index (κ2) is 8.12. The number of carbonyl (C=O) groups excluding carboxylic acids is 2. The molecule has 7 nitrogen and oxygen atoms in total. The second-order valence-corrected chi connectivity index (χ2v) is 7.78. The molecule has 148 valence electrons. The van der Waals surface area contributed by atoms with Crippen LogP contribution in [-0.4, -0.2) is 50.9 Å². The molecule has 2 aromatic rings. The predicted octanol–water partition coefficient (Wildman–Crippen LogP) is 2.46. The van der Waals surface area contributed by atoms with Crippen molar-refractivity contribution in [1.82, 2.24) is 24.8 Å². The van der Waals surface area contributed by atoms with Crippen LogP contribution in [-0.2, 0) is 6.54 Å². The molecule has 1 aliphatic carbocycles. The van der Waals surface area contributed by atoms with E-state index >= 15 is 0 Å². The third kappa shape index (κ3) is 4.08. The van der Waals surface area contributed by atoms with Crippen LogP contribution >= 0.6 is 0 Å². The third-order valence-electron chi connectivity index (χ3n) is 5.70. The fraction of sp³-hybridized carbons (Fsp3) is 0.524. The smallest absolute Gasteiger partial charge is 0.272 e. The normalized spacial score (nSPS) is 19.5. The van der Waals surface area contributed by atoms with Gasteiger partial charge in [0.1, 0.15) is 5.69 Å². The lowest BCUT2D eigenvalue weighted by molar-refractivity contribution is 0.0695. The Labute approximate surface area is 165 Å². The molecule has 2 fully saturated rings. The van der Waals surface area contributed by atoms with Crippen molar-refractivity contribution in [1.29, 1.82) is 0 Å². The Kier molecular flexibility index (Phi) is 5.41. The van der Waals surface area contributed by atoms with Gasteiger partial charge in [0.2, 0.25) is 0 Å². The zero-order valence-electron chi connectivity index (χ0n) is 16.3. The molecular weight excluding hydrogens is 354 g/mol. The van der Waals surface area contributed by atoms with Gasteiger partial charge in [0.15, 0.2) is 0 Å². The predicted molar refractivity (Wildman–Crippen MR) is 105 cm³/mol. The van der Waals surface area contributed by atoms with E-state index in [0.717, 1.165) is 38.2 Å². The Bertz CT molecular complexity index is 841. The van der Waals surface area contributed by atoms with Gasteiger partial charge >= 0.3 is 0 Å². The highest BCUT2D eigenvalue weighted by atomic mass is 16.2. The molecule has 3 heterocycles. The quantitative estimate of drug-likeness (QED) is 0.834. The molecular formula is C21H27N5O2. The van der Waals surface area contributed by atoms with Gasteiger partial charge in [-0.3, -0.25) is 14.6 Å². The number of likely N-dealkylation sites (tertiary alicyclic amines) is 1. The maximum absolute atomic E-state index is 12.9. The first-order valence-electron chi connectivity index (χ1n) is 10.2. The van der Waals surface area contributed by atoms with E-state index in [0.29, 0.717) is 23.7 Å². The molecule has 0 bridgehead atoms. The highest BCUT2D eigenvalue weighted by Crippen LogP contribution is 2.28. The molecule has 2 aliphatic rings. The molecule has 1 aliphatic heterocycles. The molecule has 1 unspecified atom stereocenters. The minimum atomic E-state index is -0.0563. The molecule has 0 spiro atoms. The highest BCUT2D eigenvalue weighted by Gasteiger charge is 2.28. The van der Waals surface area contributed by atoms with Gasteiger partial charge in [-0.1, -0.05) is 0 Å². The lowest BCUT2D eigenvalue weighted by Crippen LogP contribution is -2.40. The summed E-state index contributed by atoms with van der Waals surface area (Å²) in [5.74, 6) is 0.824. The van der Waals surface area contributed by atoms with Crippen LogP contribution < -0.4 is 5.32 Å². The number of rotatable bonds is 6. The van der Waals surface area contributed by atoms with E-state index in [9.17, 15) is 9.59 Å². The van der Waals surface area contributed by atoms with Gasteiger partial charge < -0.3 is 14.8 Å². The van der Waals surface area contributed by atoms with Gasteiger partial charge in [-0.05, 0) is 50.7 Å². The first kappa shape index (κ1) is 18.7. The number of piperidine rings is 1. The minimum absolute atomic E-state index is 0.0279. The largest absolute Gasteiger partial charge is 0.352 e. The van der Waals surface area contributed by atoms with Crippen LogP contribution in [0.1, 0.15) is 65.1 Å². The highest BCUT2D eigenvalue weighted by molar-refractivity contribution is 5.94. The van der Waals surface area contributed by atoms with Gasteiger partial charge in [0.05, 0.1) is 18.1 Å². The van der Waals surface area contributed by atoms with Crippen LogP contribution in [0.2, 0.25) is 0 Å². The molecule has 0 aromatic carbocycles. The Balaban J connectivity index is 1.39. The molecule has 1 N–H and O–H groups in total. The average Bonchev–Trinajstić information content (AvgIpc) is 3.46. The lowest BCUT2D eigenvalue weighted by Gasteiger charge is -2.32. The summed E-state index contributed by atoms with van der Waals surface area (Å²) in [4.78, 5) is 35.6. The summed E-state index contributed by atoms with van der Waals surface area (Å²) in [6.07, 6.45) is 9.37. The van der Waals surface area contributed by atoms with Crippen LogP contribution in [0.5, 0.6) is 0 Å². The number of carbonyl (C=O) groups is 2. The van der Waals surface area contributed by atoms with Crippen molar-refractivity contribution in [2.75, 3.05) is 19.6 Å². The van der Waals surface area contributed by atoms with Gasteiger partial charge in [0, 0.05) is 44.0 Å². The number of nitrogens with zero attached hydrogens (tertiary/aromatic N) is 4. The Morgan fingerprint density at radius 2 is 2.07 bits per heavy atom. The van der Waals surface area contributed by atoms with Crippen LogP contribution in [0, 0.1) is 5.92 Å². The number of pyridine rings is 1. The van der Waals surface area contributed by atoms with Gasteiger partial charge in [-0.15, -0.1) is 0 Å². The van der Waals surface area contributed by atoms with Crippen molar-refractivity contribution >= 4 is 11.8 Å². The van der Waals surface area contributed by atoms with Crippen molar-refractivity contribution < 1.29 is 9.59 Å². The van der Waals surface area contributed by atoms with Crippen molar-refractivity contribution in [3.8, 4) is 0 Å². The third-order valence-corrected chi connectivity index (χ3v) is 5.70. The summed E-state index contributed by atoms with van der Waals surface area (Å²) in [7, 11) is 0. The summed E-state index contributed by atoms with van der Waals surface area (Å²) in [6, 6.07) is 3.78. The number of amides is 2.